The Kier molecular flexibility index (Phi) is 7.82. The summed E-state index contributed by atoms with van der Waals surface area (Å²) in [6.45, 7) is 9.78. The van der Waals surface area contributed by atoms with Crippen LogP contribution in [0.3, 0.4) is 0 Å². The molecule has 0 aliphatic rings. The van der Waals surface area contributed by atoms with Crippen LogP contribution >= 0.6 is 0 Å². The van der Waals surface area contributed by atoms with E-state index < -0.39 is 6.10 Å². The molecule has 150 valence electrons. The minimum absolute atomic E-state index is 0.0249. The third-order valence-corrected chi connectivity index (χ3v) is 4.63. The number of rotatable bonds is 7. The fraction of sp³-hybridized carbons (Fsp3) is 0.375. The maximum absolute atomic E-state index is 12.8. The lowest BCUT2D eigenvalue weighted by molar-refractivity contribution is 0.112. The highest BCUT2D eigenvalue weighted by atomic mass is 16.6. The monoisotopic (exact) mass is 381 g/mol. The summed E-state index contributed by atoms with van der Waals surface area (Å²) in [6, 6.07) is 19.1. The van der Waals surface area contributed by atoms with E-state index in [9.17, 15) is 9.90 Å². The van der Waals surface area contributed by atoms with Crippen molar-refractivity contribution in [2.24, 2.45) is 5.92 Å². The molecule has 0 aromatic heterocycles. The Balaban J connectivity index is 2.32. The summed E-state index contributed by atoms with van der Waals surface area (Å²) in [4.78, 5) is 14.5. The fourth-order valence-electron chi connectivity index (χ4n) is 3.24. The molecule has 0 saturated heterocycles. The van der Waals surface area contributed by atoms with Crippen LogP contribution in [0.25, 0.3) is 5.76 Å². The molecule has 0 aliphatic heterocycles. The van der Waals surface area contributed by atoms with Gasteiger partial charge in [-0.2, -0.15) is 0 Å². The number of hydrogen-bond donors (Lipinski definition) is 1. The molecule has 0 fully saturated rings. The van der Waals surface area contributed by atoms with Gasteiger partial charge in [-0.1, -0.05) is 67.6 Å². The second kappa shape index (κ2) is 10.1. The molecule has 28 heavy (non-hydrogen) atoms. The number of aliphatic hydroxyl groups is 1. The first-order valence-corrected chi connectivity index (χ1v) is 9.81. The van der Waals surface area contributed by atoms with E-state index in [0.29, 0.717) is 5.76 Å². The summed E-state index contributed by atoms with van der Waals surface area (Å²) in [5.41, 5.74) is 1.63. The first-order chi connectivity index (χ1) is 13.3. The van der Waals surface area contributed by atoms with Gasteiger partial charge < -0.3 is 14.7 Å². The summed E-state index contributed by atoms with van der Waals surface area (Å²) >= 11 is 0. The van der Waals surface area contributed by atoms with Crippen LogP contribution in [-0.2, 0) is 4.74 Å². The van der Waals surface area contributed by atoms with Gasteiger partial charge in [0.1, 0.15) is 5.76 Å². The van der Waals surface area contributed by atoms with Crippen molar-refractivity contribution in [3.8, 4) is 0 Å². The molecule has 4 nitrogen and oxygen atoms in total. The average molecular weight is 382 g/mol. The van der Waals surface area contributed by atoms with Crippen molar-refractivity contribution >= 4 is 11.9 Å². The molecule has 0 spiro atoms. The van der Waals surface area contributed by atoms with E-state index in [1.165, 1.54) is 0 Å². The van der Waals surface area contributed by atoms with Crippen LogP contribution in [0.4, 0.5) is 4.79 Å². The molecule has 4 heteroatoms. The Morgan fingerprint density at radius 1 is 0.893 bits per heavy atom. The second-order valence-corrected chi connectivity index (χ2v) is 7.57. The van der Waals surface area contributed by atoms with Crippen molar-refractivity contribution in [1.29, 1.82) is 0 Å². The number of hydrogen-bond acceptors (Lipinski definition) is 3. The summed E-state index contributed by atoms with van der Waals surface area (Å²) < 4.78 is 5.81. The lowest BCUT2D eigenvalue weighted by Gasteiger charge is -2.30. The standard InChI is InChI=1S/C24H31NO3/c1-17(2)25(18(3)4)24(27)28-22(20-12-8-6-9-13-20)16-19(5)23(26)21-14-10-7-11-15-21/h6-19,23,26H,1-5H3/b22-16-/t19-,23-/m0/s1. The number of ether oxygens (including phenoxy) is 1. The predicted octanol–water partition coefficient (Wildman–Crippen LogP) is 5.65. The molecule has 2 atom stereocenters. The van der Waals surface area contributed by atoms with E-state index in [0.717, 1.165) is 11.1 Å². The minimum Gasteiger partial charge on any atom is -0.410 e. The highest BCUT2D eigenvalue weighted by Crippen LogP contribution is 2.27. The van der Waals surface area contributed by atoms with Gasteiger partial charge in [0.25, 0.3) is 0 Å². The summed E-state index contributed by atoms with van der Waals surface area (Å²) in [6.07, 6.45) is 0.746. The van der Waals surface area contributed by atoms with Crippen LogP contribution in [-0.4, -0.2) is 28.2 Å². The largest absolute Gasteiger partial charge is 0.415 e. The molecule has 0 unspecified atom stereocenters. The second-order valence-electron chi connectivity index (χ2n) is 7.57. The first-order valence-electron chi connectivity index (χ1n) is 9.81. The topological polar surface area (TPSA) is 49.8 Å². The van der Waals surface area contributed by atoms with Crippen LogP contribution in [0.5, 0.6) is 0 Å². The van der Waals surface area contributed by atoms with Gasteiger partial charge in [-0.25, -0.2) is 4.79 Å². The molecular formula is C24H31NO3. The number of aliphatic hydroxyl groups excluding tert-OH is 1. The summed E-state index contributed by atoms with van der Waals surface area (Å²) in [7, 11) is 0. The van der Waals surface area contributed by atoms with Gasteiger partial charge >= 0.3 is 6.09 Å². The number of amides is 1. The average Bonchev–Trinajstić information content (AvgIpc) is 2.67. The zero-order valence-corrected chi connectivity index (χ0v) is 17.4. The Labute approximate surface area is 168 Å². The SMILES string of the molecule is CC(C)N(C(=O)O/C(=C\[C@H](C)[C@H](O)c1ccccc1)c1ccccc1)C(C)C. The number of benzene rings is 2. The highest BCUT2D eigenvalue weighted by Gasteiger charge is 2.24. The lowest BCUT2D eigenvalue weighted by Crippen LogP contribution is -2.42. The fourth-order valence-corrected chi connectivity index (χ4v) is 3.24. The Morgan fingerprint density at radius 2 is 1.39 bits per heavy atom. The highest BCUT2D eigenvalue weighted by molar-refractivity contribution is 5.77. The van der Waals surface area contributed by atoms with E-state index in [4.69, 9.17) is 4.74 Å². The molecule has 1 N–H and O–H groups in total. The van der Waals surface area contributed by atoms with E-state index in [2.05, 4.69) is 0 Å². The normalized spacial score (nSPS) is 14.1. The molecule has 2 rings (SSSR count). The van der Waals surface area contributed by atoms with Gasteiger partial charge in [-0.3, -0.25) is 0 Å². The Morgan fingerprint density at radius 3 is 1.89 bits per heavy atom. The zero-order chi connectivity index (χ0) is 20.7. The van der Waals surface area contributed by atoms with E-state index in [-0.39, 0.29) is 24.1 Å². The molecule has 1 amide bonds. The van der Waals surface area contributed by atoms with E-state index in [1.807, 2.05) is 101 Å². The maximum Gasteiger partial charge on any atom is 0.415 e. The Hall–Kier alpha value is -2.59. The molecule has 2 aromatic carbocycles. The molecular weight excluding hydrogens is 350 g/mol. The van der Waals surface area contributed by atoms with Crippen LogP contribution in [0, 0.1) is 5.92 Å². The number of carbonyl (C=O) groups is 1. The van der Waals surface area contributed by atoms with Crippen molar-refractivity contribution in [2.75, 3.05) is 0 Å². The molecule has 0 aliphatic carbocycles. The number of nitrogens with zero attached hydrogens (tertiary/aromatic N) is 1. The molecule has 2 aromatic rings. The van der Waals surface area contributed by atoms with E-state index in [1.54, 1.807) is 4.90 Å². The Bertz CT molecular complexity index is 761. The minimum atomic E-state index is -0.690. The van der Waals surface area contributed by atoms with Gasteiger partial charge in [0.05, 0.1) is 6.10 Å². The predicted molar refractivity (Wildman–Crippen MR) is 114 cm³/mol. The first kappa shape index (κ1) is 21.7. The third kappa shape index (κ3) is 5.70. The van der Waals surface area contributed by atoms with E-state index >= 15 is 0 Å². The maximum atomic E-state index is 12.8. The van der Waals surface area contributed by atoms with Gasteiger partial charge in [0.15, 0.2) is 0 Å². The lowest BCUT2D eigenvalue weighted by atomic mass is 9.96. The summed E-state index contributed by atoms with van der Waals surface area (Å²) in [5.74, 6) is 0.219. The third-order valence-electron chi connectivity index (χ3n) is 4.63. The summed E-state index contributed by atoms with van der Waals surface area (Å²) in [5, 5.41) is 10.7. The van der Waals surface area contributed by atoms with Crippen LogP contribution in [0.15, 0.2) is 66.7 Å². The van der Waals surface area contributed by atoms with Crippen molar-refractivity contribution in [1.82, 2.24) is 4.90 Å². The van der Waals surface area contributed by atoms with Gasteiger partial charge in [0.2, 0.25) is 0 Å². The van der Waals surface area contributed by atoms with Crippen LogP contribution in [0.1, 0.15) is 51.8 Å². The molecule has 0 heterocycles. The molecule has 0 saturated carbocycles. The van der Waals surface area contributed by atoms with Crippen molar-refractivity contribution in [3.63, 3.8) is 0 Å². The van der Waals surface area contributed by atoms with Gasteiger partial charge in [0, 0.05) is 23.6 Å². The quantitative estimate of drug-likeness (QED) is 0.630. The number of carbonyl (C=O) groups excluding carboxylic acids is 1. The van der Waals surface area contributed by atoms with Crippen LogP contribution in [0.2, 0.25) is 0 Å². The van der Waals surface area contributed by atoms with Crippen molar-refractivity contribution in [2.45, 2.75) is 52.8 Å². The smallest absolute Gasteiger partial charge is 0.410 e. The van der Waals surface area contributed by atoms with Gasteiger partial charge in [-0.15, -0.1) is 0 Å². The van der Waals surface area contributed by atoms with Crippen molar-refractivity contribution < 1.29 is 14.6 Å². The van der Waals surface area contributed by atoms with Gasteiger partial charge in [-0.05, 0) is 39.3 Å². The van der Waals surface area contributed by atoms with Crippen LogP contribution < -0.4 is 0 Å². The van der Waals surface area contributed by atoms with Crippen molar-refractivity contribution in [3.05, 3.63) is 77.9 Å². The zero-order valence-electron chi connectivity index (χ0n) is 17.4. The molecule has 0 radical (unpaired) electrons. The molecule has 0 bridgehead atoms.